The number of carbonyl (C=O) groups is 1. The topological polar surface area (TPSA) is 91.2 Å². The van der Waals surface area contributed by atoms with Crippen LogP contribution >= 0.6 is 11.8 Å². The molecule has 1 amide bonds. The number of benzene rings is 2. The van der Waals surface area contributed by atoms with Gasteiger partial charge in [-0.1, -0.05) is 23.9 Å². The number of ether oxygens (including phenoxy) is 2. The molecule has 1 aromatic heterocycles. The van der Waals surface area contributed by atoms with Crippen molar-refractivity contribution in [2.45, 2.75) is 19.0 Å². The Bertz CT molecular complexity index is 989. The molecule has 0 aliphatic rings. The summed E-state index contributed by atoms with van der Waals surface area (Å²) in [5, 5.41) is 15.2. The Labute approximate surface area is 167 Å². The fraction of sp³-hybridized carbons (Fsp3) is 0.263. The largest absolute Gasteiger partial charge is 0.493 e. The summed E-state index contributed by atoms with van der Waals surface area (Å²) in [5.41, 5.74) is 3.76. The average Bonchev–Trinajstić information content (AvgIpc) is 3.16. The SMILES string of the molecule is COc1ccc(NC(=O)CSc2nnnn2-c2cccc(C)c2C)cc1OC. The lowest BCUT2D eigenvalue weighted by Gasteiger charge is -2.11. The van der Waals surface area contributed by atoms with Crippen molar-refractivity contribution in [1.29, 1.82) is 0 Å². The maximum atomic E-state index is 12.3. The van der Waals surface area contributed by atoms with Gasteiger partial charge in [-0.25, -0.2) is 0 Å². The number of carbonyl (C=O) groups excluding carboxylic acids is 1. The first kappa shape index (κ1) is 19.7. The Morgan fingerprint density at radius 2 is 1.93 bits per heavy atom. The Balaban J connectivity index is 1.68. The van der Waals surface area contributed by atoms with Crippen molar-refractivity contribution in [3.63, 3.8) is 0 Å². The zero-order valence-electron chi connectivity index (χ0n) is 16.1. The second-order valence-corrected chi connectivity index (χ2v) is 6.94. The van der Waals surface area contributed by atoms with Crippen LogP contribution in [-0.2, 0) is 4.79 Å². The lowest BCUT2D eigenvalue weighted by atomic mass is 10.1. The molecule has 1 N–H and O–H groups in total. The highest BCUT2D eigenvalue weighted by atomic mass is 32.2. The van der Waals surface area contributed by atoms with Gasteiger partial charge in [0.05, 0.1) is 25.7 Å². The molecule has 0 aliphatic carbocycles. The van der Waals surface area contributed by atoms with Gasteiger partial charge in [-0.05, 0) is 53.6 Å². The number of amides is 1. The van der Waals surface area contributed by atoms with Crippen molar-refractivity contribution >= 4 is 23.4 Å². The number of aryl methyl sites for hydroxylation is 1. The Hall–Kier alpha value is -3.07. The fourth-order valence-electron chi connectivity index (χ4n) is 2.63. The smallest absolute Gasteiger partial charge is 0.234 e. The lowest BCUT2D eigenvalue weighted by Crippen LogP contribution is -2.15. The maximum Gasteiger partial charge on any atom is 0.234 e. The summed E-state index contributed by atoms with van der Waals surface area (Å²) in [6.45, 7) is 4.05. The van der Waals surface area contributed by atoms with Crippen LogP contribution in [0.4, 0.5) is 5.69 Å². The van der Waals surface area contributed by atoms with E-state index in [2.05, 4.69) is 20.8 Å². The van der Waals surface area contributed by atoms with Gasteiger partial charge in [-0.2, -0.15) is 4.68 Å². The summed E-state index contributed by atoms with van der Waals surface area (Å²) >= 11 is 1.27. The molecule has 8 nitrogen and oxygen atoms in total. The molecule has 0 aliphatic heterocycles. The zero-order valence-corrected chi connectivity index (χ0v) is 16.9. The number of anilines is 1. The van der Waals surface area contributed by atoms with Gasteiger partial charge >= 0.3 is 0 Å². The molecule has 0 spiro atoms. The molecular weight excluding hydrogens is 378 g/mol. The molecular formula is C19H21N5O3S. The molecule has 1 heterocycles. The third kappa shape index (κ3) is 4.25. The molecule has 0 unspecified atom stereocenters. The van der Waals surface area contributed by atoms with Gasteiger partial charge in [0.15, 0.2) is 11.5 Å². The summed E-state index contributed by atoms with van der Waals surface area (Å²) in [4.78, 5) is 12.3. The quantitative estimate of drug-likeness (QED) is 0.611. The van der Waals surface area contributed by atoms with E-state index in [1.165, 1.54) is 11.8 Å². The van der Waals surface area contributed by atoms with Gasteiger partial charge in [-0.15, -0.1) is 5.10 Å². The molecule has 0 saturated carbocycles. The van der Waals surface area contributed by atoms with Crippen LogP contribution in [0, 0.1) is 13.8 Å². The number of rotatable bonds is 7. The Kier molecular flexibility index (Phi) is 6.15. The Morgan fingerprint density at radius 3 is 2.68 bits per heavy atom. The van der Waals surface area contributed by atoms with E-state index in [0.717, 1.165) is 16.8 Å². The predicted octanol–water partition coefficient (Wildman–Crippen LogP) is 3.03. The van der Waals surface area contributed by atoms with E-state index in [4.69, 9.17) is 9.47 Å². The van der Waals surface area contributed by atoms with E-state index >= 15 is 0 Å². The number of nitrogens with one attached hydrogen (secondary N) is 1. The standard InChI is InChI=1S/C19H21N5O3S/c1-12-6-5-7-15(13(12)2)24-19(21-22-23-24)28-11-18(25)20-14-8-9-16(26-3)17(10-14)27-4/h5-10H,11H2,1-4H3,(H,20,25). The molecule has 2 aromatic carbocycles. The zero-order chi connectivity index (χ0) is 20.1. The van der Waals surface area contributed by atoms with Crippen molar-refractivity contribution in [3.05, 3.63) is 47.5 Å². The Morgan fingerprint density at radius 1 is 1.14 bits per heavy atom. The van der Waals surface area contributed by atoms with Gasteiger partial charge < -0.3 is 14.8 Å². The second kappa shape index (κ2) is 8.75. The van der Waals surface area contributed by atoms with Crippen molar-refractivity contribution in [3.8, 4) is 17.2 Å². The predicted molar refractivity (Wildman–Crippen MR) is 108 cm³/mol. The van der Waals surface area contributed by atoms with Crippen LogP contribution in [-0.4, -0.2) is 46.1 Å². The average molecular weight is 399 g/mol. The van der Waals surface area contributed by atoms with Crippen molar-refractivity contribution in [1.82, 2.24) is 20.2 Å². The molecule has 0 bridgehead atoms. The van der Waals surface area contributed by atoms with Crippen LogP contribution in [0.3, 0.4) is 0 Å². The molecule has 3 rings (SSSR count). The molecule has 0 radical (unpaired) electrons. The number of methoxy groups -OCH3 is 2. The highest BCUT2D eigenvalue weighted by molar-refractivity contribution is 7.99. The van der Waals surface area contributed by atoms with Crippen molar-refractivity contribution in [2.75, 3.05) is 25.3 Å². The monoisotopic (exact) mass is 399 g/mol. The molecule has 3 aromatic rings. The summed E-state index contributed by atoms with van der Waals surface area (Å²) in [6.07, 6.45) is 0. The maximum absolute atomic E-state index is 12.3. The minimum atomic E-state index is -0.173. The van der Waals surface area contributed by atoms with E-state index in [-0.39, 0.29) is 11.7 Å². The van der Waals surface area contributed by atoms with Crippen LogP contribution in [0.5, 0.6) is 11.5 Å². The second-order valence-electron chi connectivity index (χ2n) is 6.00. The van der Waals surface area contributed by atoms with E-state index in [0.29, 0.717) is 22.3 Å². The molecule has 0 atom stereocenters. The normalized spacial score (nSPS) is 10.6. The third-order valence-corrected chi connectivity index (χ3v) is 5.16. The molecule has 28 heavy (non-hydrogen) atoms. The summed E-state index contributed by atoms with van der Waals surface area (Å²) in [6, 6.07) is 11.1. The van der Waals surface area contributed by atoms with Crippen LogP contribution < -0.4 is 14.8 Å². The summed E-state index contributed by atoms with van der Waals surface area (Å²) in [5.74, 6) is 1.14. The number of tetrazole rings is 1. The number of thioether (sulfide) groups is 1. The van der Waals surface area contributed by atoms with Gasteiger partial charge in [0.25, 0.3) is 0 Å². The minimum absolute atomic E-state index is 0.166. The van der Waals surface area contributed by atoms with E-state index < -0.39 is 0 Å². The number of hydrogen-bond donors (Lipinski definition) is 1. The van der Waals surface area contributed by atoms with E-state index in [9.17, 15) is 4.79 Å². The van der Waals surface area contributed by atoms with E-state index in [1.807, 2.05) is 32.0 Å². The molecule has 146 valence electrons. The van der Waals surface area contributed by atoms with Crippen LogP contribution in [0.1, 0.15) is 11.1 Å². The molecule has 0 saturated heterocycles. The molecule has 9 heteroatoms. The first-order valence-corrected chi connectivity index (χ1v) is 9.51. The van der Waals surface area contributed by atoms with Gasteiger partial charge in [0, 0.05) is 11.8 Å². The number of hydrogen-bond acceptors (Lipinski definition) is 7. The van der Waals surface area contributed by atoms with Crippen LogP contribution in [0.25, 0.3) is 5.69 Å². The fourth-order valence-corrected chi connectivity index (χ4v) is 3.31. The minimum Gasteiger partial charge on any atom is -0.493 e. The molecule has 0 fully saturated rings. The first-order valence-electron chi connectivity index (χ1n) is 8.53. The first-order chi connectivity index (χ1) is 13.5. The number of aromatic nitrogens is 4. The van der Waals surface area contributed by atoms with E-state index in [1.54, 1.807) is 37.1 Å². The third-order valence-electron chi connectivity index (χ3n) is 4.24. The highest BCUT2D eigenvalue weighted by Gasteiger charge is 2.14. The van der Waals surface area contributed by atoms with Crippen LogP contribution in [0.15, 0.2) is 41.6 Å². The summed E-state index contributed by atoms with van der Waals surface area (Å²) < 4.78 is 12.1. The van der Waals surface area contributed by atoms with Crippen molar-refractivity contribution < 1.29 is 14.3 Å². The highest BCUT2D eigenvalue weighted by Crippen LogP contribution is 2.30. The lowest BCUT2D eigenvalue weighted by molar-refractivity contribution is -0.113. The van der Waals surface area contributed by atoms with Gasteiger partial charge in [-0.3, -0.25) is 4.79 Å². The van der Waals surface area contributed by atoms with Crippen LogP contribution in [0.2, 0.25) is 0 Å². The van der Waals surface area contributed by atoms with Gasteiger partial charge in [0.1, 0.15) is 0 Å². The number of nitrogens with zero attached hydrogens (tertiary/aromatic N) is 4. The summed E-state index contributed by atoms with van der Waals surface area (Å²) in [7, 11) is 3.11. The van der Waals surface area contributed by atoms with Gasteiger partial charge in [0.2, 0.25) is 11.1 Å². The van der Waals surface area contributed by atoms with Crippen molar-refractivity contribution in [2.24, 2.45) is 0 Å².